The van der Waals surface area contributed by atoms with Gasteiger partial charge in [-0.05, 0) is 62.3 Å². The molecule has 2 saturated carbocycles. The third-order valence-electron chi connectivity index (χ3n) is 6.82. The molecule has 3 atom stereocenters. The second-order valence-corrected chi connectivity index (χ2v) is 11.5. The van der Waals surface area contributed by atoms with Crippen LogP contribution in [0.25, 0.3) is 0 Å². The Labute approximate surface area is 185 Å². The lowest BCUT2D eigenvalue weighted by Gasteiger charge is -2.32. The van der Waals surface area contributed by atoms with Crippen molar-refractivity contribution in [2.75, 3.05) is 5.32 Å². The van der Waals surface area contributed by atoms with Crippen molar-refractivity contribution in [2.45, 2.75) is 63.2 Å². The van der Waals surface area contributed by atoms with Crippen molar-refractivity contribution in [1.82, 2.24) is 10.2 Å². The molecule has 2 aliphatic carbocycles. The van der Waals surface area contributed by atoms with Gasteiger partial charge in [0.25, 0.3) is 5.91 Å². The molecule has 0 radical (unpaired) electrons. The van der Waals surface area contributed by atoms with E-state index in [0.717, 1.165) is 22.9 Å². The lowest BCUT2D eigenvalue weighted by Crippen LogP contribution is -2.34. The Morgan fingerprint density at radius 1 is 1.23 bits per heavy atom. The Bertz CT molecular complexity index is 970. The van der Waals surface area contributed by atoms with E-state index in [9.17, 15) is 9.59 Å². The second-order valence-electron chi connectivity index (χ2n) is 9.12. The Morgan fingerprint density at radius 2 is 1.93 bits per heavy atom. The van der Waals surface area contributed by atoms with Crippen LogP contribution in [0.3, 0.4) is 0 Å². The summed E-state index contributed by atoms with van der Waals surface area (Å²) in [4.78, 5) is 25.5. The van der Waals surface area contributed by atoms with Crippen molar-refractivity contribution in [1.29, 1.82) is 0 Å². The van der Waals surface area contributed by atoms with E-state index < -0.39 is 0 Å². The fourth-order valence-corrected chi connectivity index (χ4v) is 7.21. The fourth-order valence-electron chi connectivity index (χ4n) is 4.68. The molecule has 4 rings (SSSR count). The van der Waals surface area contributed by atoms with Crippen LogP contribution in [0.5, 0.6) is 5.75 Å². The minimum atomic E-state index is -0.248. The number of thioether (sulfide) groups is 1. The van der Waals surface area contributed by atoms with Gasteiger partial charge in [-0.25, -0.2) is 0 Å². The number of aromatic nitrogens is 2. The molecule has 1 heterocycles. The van der Waals surface area contributed by atoms with Crippen molar-refractivity contribution < 1.29 is 14.3 Å². The maximum Gasteiger partial charge on any atom is 0.257 e. The zero-order valence-corrected chi connectivity index (χ0v) is 19.5. The van der Waals surface area contributed by atoms with Crippen LogP contribution in [0, 0.1) is 16.7 Å². The van der Waals surface area contributed by atoms with Crippen LogP contribution in [0.4, 0.5) is 5.13 Å². The number of amides is 1. The standard InChI is InChI=1S/C22H27N3O3S2/c1-12(2)28-14-8-6-13(7-9-14)18(27)23-19-24-25-20(30-19)29-16-15-10-11-22(5,17(16)26)21(15,3)4/h6-9,12,15-16H,10-11H2,1-5H3,(H,23,24,27). The van der Waals surface area contributed by atoms with E-state index in [1.807, 2.05) is 13.8 Å². The van der Waals surface area contributed by atoms with E-state index in [4.69, 9.17) is 4.74 Å². The highest BCUT2D eigenvalue weighted by Gasteiger charge is 2.66. The van der Waals surface area contributed by atoms with Gasteiger partial charge in [0.05, 0.1) is 11.4 Å². The Kier molecular flexibility index (Phi) is 5.43. The van der Waals surface area contributed by atoms with E-state index in [-0.39, 0.29) is 28.1 Å². The summed E-state index contributed by atoms with van der Waals surface area (Å²) in [7, 11) is 0. The molecule has 1 N–H and O–H groups in total. The number of nitrogens with zero attached hydrogens (tertiary/aromatic N) is 2. The summed E-state index contributed by atoms with van der Waals surface area (Å²) >= 11 is 2.82. The third kappa shape index (κ3) is 3.54. The molecular formula is C22H27N3O3S2. The maximum absolute atomic E-state index is 13.0. The van der Waals surface area contributed by atoms with Gasteiger partial charge in [0.2, 0.25) is 5.13 Å². The molecule has 30 heavy (non-hydrogen) atoms. The zero-order chi connectivity index (χ0) is 21.7. The zero-order valence-electron chi connectivity index (χ0n) is 17.9. The van der Waals surface area contributed by atoms with E-state index in [2.05, 4.69) is 36.3 Å². The minimum Gasteiger partial charge on any atom is -0.491 e. The molecular weight excluding hydrogens is 418 g/mol. The number of ether oxygens (including phenoxy) is 1. The molecule has 160 valence electrons. The number of hydrogen-bond acceptors (Lipinski definition) is 7. The van der Waals surface area contributed by atoms with Crippen molar-refractivity contribution in [3.05, 3.63) is 29.8 Å². The molecule has 1 aromatic heterocycles. The Morgan fingerprint density at radius 3 is 2.53 bits per heavy atom. The predicted molar refractivity (Wildman–Crippen MR) is 119 cm³/mol. The van der Waals surface area contributed by atoms with Gasteiger partial charge in [-0.1, -0.05) is 43.9 Å². The van der Waals surface area contributed by atoms with Crippen LogP contribution in [0.2, 0.25) is 0 Å². The highest BCUT2D eigenvalue weighted by Crippen LogP contribution is 2.66. The average Bonchev–Trinajstić information content (AvgIpc) is 3.25. The van der Waals surface area contributed by atoms with Crippen molar-refractivity contribution in [2.24, 2.45) is 16.7 Å². The predicted octanol–water partition coefficient (Wildman–Crippen LogP) is 5.06. The molecule has 1 aromatic carbocycles. The molecule has 2 aliphatic rings. The molecule has 3 unspecified atom stereocenters. The average molecular weight is 446 g/mol. The number of rotatable bonds is 6. The SMILES string of the molecule is CC(C)Oc1ccc(C(=O)Nc2nnc(SC3C(=O)C4(C)CCC3C4(C)C)s2)cc1. The minimum absolute atomic E-state index is 0.00886. The summed E-state index contributed by atoms with van der Waals surface area (Å²) in [6.07, 6.45) is 2.13. The number of anilines is 1. The van der Waals surface area contributed by atoms with Gasteiger partial charge in [0.15, 0.2) is 10.1 Å². The topological polar surface area (TPSA) is 81.2 Å². The van der Waals surface area contributed by atoms with Gasteiger partial charge in [0, 0.05) is 11.0 Å². The van der Waals surface area contributed by atoms with Crippen LogP contribution in [0.15, 0.2) is 28.6 Å². The van der Waals surface area contributed by atoms with Crippen molar-refractivity contribution in [3.63, 3.8) is 0 Å². The lowest BCUT2D eigenvalue weighted by atomic mass is 9.70. The normalized spacial score (nSPS) is 26.9. The van der Waals surface area contributed by atoms with Gasteiger partial charge in [-0.3, -0.25) is 14.9 Å². The molecule has 2 bridgehead atoms. The number of nitrogens with one attached hydrogen (secondary N) is 1. The first kappa shape index (κ1) is 21.3. The number of benzene rings is 1. The lowest BCUT2D eigenvalue weighted by molar-refractivity contribution is -0.127. The second kappa shape index (κ2) is 7.64. The summed E-state index contributed by atoms with van der Waals surface area (Å²) in [5, 5.41) is 11.5. The van der Waals surface area contributed by atoms with E-state index >= 15 is 0 Å². The fraction of sp³-hybridized carbons (Fsp3) is 0.545. The summed E-state index contributed by atoms with van der Waals surface area (Å²) in [5.41, 5.74) is 0.283. The molecule has 1 amide bonds. The highest BCUT2D eigenvalue weighted by molar-refractivity contribution is 8.02. The van der Waals surface area contributed by atoms with Crippen LogP contribution < -0.4 is 10.1 Å². The van der Waals surface area contributed by atoms with Gasteiger partial charge in [-0.15, -0.1) is 10.2 Å². The number of fused-ring (bicyclic) bond motifs is 2. The van der Waals surface area contributed by atoms with Crippen LogP contribution in [0.1, 0.15) is 57.8 Å². The summed E-state index contributed by atoms with van der Waals surface area (Å²) < 4.78 is 6.32. The summed E-state index contributed by atoms with van der Waals surface area (Å²) in [6.45, 7) is 10.5. The number of carbonyl (C=O) groups excluding carboxylic acids is 2. The molecule has 2 aromatic rings. The van der Waals surface area contributed by atoms with Crippen LogP contribution in [-0.2, 0) is 4.79 Å². The molecule has 0 aliphatic heterocycles. The number of carbonyl (C=O) groups is 2. The van der Waals surface area contributed by atoms with E-state index in [1.165, 1.54) is 23.1 Å². The van der Waals surface area contributed by atoms with Crippen LogP contribution in [-0.4, -0.2) is 33.2 Å². The monoisotopic (exact) mass is 445 g/mol. The van der Waals surface area contributed by atoms with Gasteiger partial charge in [-0.2, -0.15) is 0 Å². The number of ketones is 1. The first-order chi connectivity index (χ1) is 14.1. The van der Waals surface area contributed by atoms with E-state index in [0.29, 0.717) is 22.4 Å². The number of Topliss-reactive ketones (excluding diaryl/α,β-unsaturated/α-hetero) is 1. The first-order valence-corrected chi connectivity index (χ1v) is 11.9. The highest BCUT2D eigenvalue weighted by atomic mass is 32.2. The van der Waals surface area contributed by atoms with Crippen molar-refractivity contribution >= 4 is 39.9 Å². The Balaban J connectivity index is 1.40. The third-order valence-corrected chi connectivity index (χ3v) is 9.07. The van der Waals surface area contributed by atoms with Gasteiger partial charge >= 0.3 is 0 Å². The molecule has 0 spiro atoms. The molecule has 2 fully saturated rings. The molecule has 0 saturated heterocycles. The van der Waals surface area contributed by atoms with Crippen LogP contribution >= 0.6 is 23.1 Å². The summed E-state index contributed by atoms with van der Waals surface area (Å²) in [6, 6.07) is 7.00. The quantitative estimate of drug-likeness (QED) is 0.626. The smallest absolute Gasteiger partial charge is 0.257 e. The van der Waals surface area contributed by atoms with Gasteiger partial charge in [0.1, 0.15) is 5.75 Å². The maximum atomic E-state index is 13.0. The van der Waals surface area contributed by atoms with Crippen molar-refractivity contribution in [3.8, 4) is 5.75 Å². The summed E-state index contributed by atoms with van der Waals surface area (Å²) in [5.74, 6) is 1.17. The number of hydrogen-bond donors (Lipinski definition) is 1. The van der Waals surface area contributed by atoms with E-state index in [1.54, 1.807) is 24.3 Å². The largest absolute Gasteiger partial charge is 0.491 e. The molecule has 6 nitrogen and oxygen atoms in total. The molecule has 8 heteroatoms. The first-order valence-electron chi connectivity index (χ1n) is 10.2. The van der Waals surface area contributed by atoms with Gasteiger partial charge < -0.3 is 4.74 Å². The Hall–Kier alpha value is -1.93.